The van der Waals surface area contributed by atoms with Gasteiger partial charge in [0, 0.05) is 16.8 Å². The van der Waals surface area contributed by atoms with Gasteiger partial charge in [-0.3, -0.25) is 9.59 Å². The number of para-hydroxylation sites is 1. The summed E-state index contributed by atoms with van der Waals surface area (Å²) in [6.45, 7) is 1.83. The number of halogens is 2. The number of esters is 1. The highest BCUT2D eigenvalue weighted by molar-refractivity contribution is 6.31. The first-order valence-corrected chi connectivity index (χ1v) is 9.59. The Hall–Kier alpha value is -2.84. The van der Waals surface area contributed by atoms with E-state index in [1.807, 2.05) is 0 Å². The summed E-state index contributed by atoms with van der Waals surface area (Å²) in [5, 5.41) is 2.47. The van der Waals surface area contributed by atoms with Crippen LogP contribution in [-0.2, 0) is 19.1 Å². The van der Waals surface area contributed by atoms with Crippen LogP contribution in [0.3, 0.4) is 0 Å². The summed E-state index contributed by atoms with van der Waals surface area (Å²) in [4.78, 5) is 24.7. The molecule has 30 heavy (non-hydrogen) atoms. The Morgan fingerprint density at radius 3 is 2.67 bits per heavy atom. The molecule has 0 aliphatic carbocycles. The van der Waals surface area contributed by atoms with E-state index in [0.29, 0.717) is 22.6 Å². The quantitative estimate of drug-likeness (QED) is 0.690. The van der Waals surface area contributed by atoms with Crippen LogP contribution >= 0.6 is 11.6 Å². The van der Waals surface area contributed by atoms with Crippen LogP contribution in [-0.4, -0.2) is 38.8 Å². The molecule has 3 rings (SSSR count). The van der Waals surface area contributed by atoms with Gasteiger partial charge in [-0.15, -0.1) is 0 Å². The summed E-state index contributed by atoms with van der Waals surface area (Å²) >= 11 is 6.01. The maximum atomic E-state index is 14.1. The summed E-state index contributed by atoms with van der Waals surface area (Å²) in [5.41, 5.74) is 1.11. The fourth-order valence-corrected chi connectivity index (χ4v) is 3.44. The zero-order chi connectivity index (χ0) is 21.8. The van der Waals surface area contributed by atoms with E-state index in [9.17, 15) is 14.0 Å². The van der Waals surface area contributed by atoms with Gasteiger partial charge >= 0.3 is 5.97 Å². The molecule has 1 N–H and O–H groups in total. The van der Waals surface area contributed by atoms with Crippen molar-refractivity contribution >= 4 is 29.2 Å². The Bertz CT molecular complexity index is 967. The molecule has 0 spiro atoms. The number of amides is 1. The topological polar surface area (TPSA) is 83.1 Å². The van der Waals surface area contributed by atoms with Gasteiger partial charge in [0.05, 0.1) is 32.3 Å². The molecule has 1 heterocycles. The van der Waals surface area contributed by atoms with Gasteiger partial charge < -0.3 is 24.3 Å². The lowest BCUT2D eigenvalue weighted by Gasteiger charge is -2.24. The van der Waals surface area contributed by atoms with Crippen LogP contribution in [0.2, 0.25) is 5.02 Å². The zero-order valence-corrected chi connectivity index (χ0v) is 17.4. The molecule has 2 atom stereocenters. The number of carbonyl (C=O) groups is 2. The zero-order valence-electron chi connectivity index (χ0n) is 16.7. The maximum absolute atomic E-state index is 14.1. The Morgan fingerprint density at radius 2 is 2.00 bits per heavy atom. The summed E-state index contributed by atoms with van der Waals surface area (Å²) in [6, 6.07) is 7.65. The van der Waals surface area contributed by atoms with Crippen molar-refractivity contribution in [2.75, 3.05) is 26.1 Å². The van der Waals surface area contributed by atoms with Crippen LogP contribution in [0.4, 0.5) is 10.1 Å². The van der Waals surface area contributed by atoms with Crippen molar-refractivity contribution in [3.8, 4) is 11.5 Å². The van der Waals surface area contributed by atoms with Gasteiger partial charge in [-0.1, -0.05) is 23.7 Å². The van der Waals surface area contributed by atoms with Gasteiger partial charge in [0.2, 0.25) is 0 Å². The molecule has 0 saturated heterocycles. The molecule has 0 saturated carbocycles. The lowest BCUT2D eigenvalue weighted by atomic mass is 9.98. The second kappa shape index (κ2) is 9.32. The predicted molar refractivity (Wildman–Crippen MR) is 108 cm³/mol. The first-order valence-electron chi connectivity index (χ1n) is 9.21. The third-order valence-electron chi connectivity index (χ3n) is 4.60. The fourth-order valence-electron chi connectivity index (χ4n) is 3.27. The molecule has 0 unspecified atom stereocenters. The summed E-state index contributed by atoms with van der Waals surface area (Å²) < 4.78 is 36.0. The normalized spacial score (nSPS) is 18.1. The number of nitrogens with one attached hydrogen (secondary N) is 1. The first kappa shape index (κ1) is 21.9. The molecule has 160 valence electrons. The van der Waals surface area contributed by atoms with Crippen molar-refractivity contribution in [2.24, 2.45) is 0 Å². The standard InChI is InChI=1S/C21H21ClFNO6/c1-4-29-18(25)10-17-21(26)24-15-9-14(23)13(22)8-12(15)19(30-17)11-6-5-7-16(27-2)20(11)28-3/h5-9,17,19H,4,10H2,1-3H3,(H,24,26)/t17-,19-/m1/s1. The molecule has 2 aromatic carbocycles. The van der Waals surface area contributed by atoms with Gasteiger partial charge in [0.1, 0.15) is 18.0 Å². The van der Waals surface area contributed by atoms with Crippen molar-refractivity contribution in [3.05, 3.63) is 52.3 Å². The summed E-state index contributed by atoms with van der Waals surface area (Å²) in [5.74, 6) is -1.07. The third kappa shape index (κ3) is 4.34. The molecule has 2 aromatic rings. The van der Waals surface area contributed by atoms with E-state index in [2.05, 4.69) is 5.32 Å². The summed E-state index contributed by atoms with van der Waals surface area (Å²) in [7, 11) is 2.96. The number of benzene rings is 2. The third-order valence-corrected chi connectivity index (χ3v) is 4.89. The number of ether oxygens (including phenoxy) is 4. The van der Waals surface area contributed by atoms with Crippen molar-refractivity contribution in [1.29, 1.82) is 0 Å². The van der Waals surface area contributed by atoms with E-state index < -0.39 is 29.9 Å². The SMILES string of the molecule is CCOC(=O)C[C@H]1O[C@H](c2cccc(OC)c2OC)c2cc(Cl)c(F)cc2NC1=O. The number of hydrogen-bond donors (Lipinski definition) is 1. The molecule has 9 heteroatoms. The van der Waals surface area contributed by atoms with E-state index in [4.69, 9.17) is 30.5 Å². The molecule has 1 amide bonds. The van der Waals surface area contributed by atoms with E-state index in [1.165, 1.54) is 20.3 Å². The number of rotatable bonds is 6. The highest BCUT2D eigenvalue weighted by atomic mass is 35.5. The van der Waals surface area contributed by atoms with Crippen molar-refractivity contribution in [3.63, 3.8) is 0 Å². The van der Waals surface area contributed by atoms with E-state index in [0.717, 1.165) is 6.07 Å². The minimum atomic E-state index is -1.18. The van der Waals surface area contributed by atoms with Crippen LogP contribution in [0.15, 0.2) is 30.3 Å². The lowest BCUT2D eigenvalue weighted by molar-refractivity contribution is -0.150. The van der Waals surface area contributed by atoms with Crippen molar-refractivity contribution in [1.82, 2.24) is 0 Å². The number of methoxy groups -OCH3 is 2. The molecule has 0 bridgehead atoms. The van der Waals surface area contributed by atoms with Gasteiger partial charge in [-0.05, 0) is 25.1 Å². The minimum Gasteiger partial charge on any atom is -0.493 e. The Morgan fingerprint density at radius 1 is 1.23 bits per heavy atom. The summed E-state index contributed by atoms with van der Waals surface area (Å²) in [6.07, 6.45) is -2.40. The van der Waals surface area contributed by atoms with Crippen LogP contribution in [0.25, 0.3) is 0 Å². The highest BCUT2D eigenvalue weighted by Crippen LogP contribution is 2.44. The fraction of sp³-hybridized carbons (Fsp3) is 0.333. The van der Waals surface area contributed by atoms with Crippen molar-refractivity contribution in [2.45, 2.75) is 25.6 Å². The van der Waals surface area contributed by atoms with Gasteiger partial charge in [-0.2, -0.15) is 0 Å². The Kier molecular flexibility index (Phi) is 6.79. The van der Waals surface area contributed by atoms with E-state index in [1.54, 1.807) is 25.1 Å². The van der Waals surface area contributed by atoms with E-state index >= 15 is 0 Å². The molecule has 7 nitrogen and oxygen atoms in total. The molecular formula is C21H21ClFNO6. The molecular weight excluding hydrogens is 417 g/mol. The van der Waals surface area contributed by atoms with Gasteiger partial charge in [0.15, 0.2) is 11.5 Å². The second-order valence-electron chi connectivity index (χ2n) is 6.44. The first-order chi connectivity index (χ1) is 14.4. The Labute approximate surface area is 178 Å². The highest BCUT2D eigenvalue weighted by Gasteiger charge is 2.36. The maximum Gasteiger partial charge on any atom is 0.308 e. The van der Waals surface area contributed by atoms with E-state index in [-0.39, 0.29) is 23.7 Å². The Balaban J connectivity index is 2.14. The average molecular weight is 438 g/mol. The van der Waals surface area contributed by atoms with Crippen LogP contribution in [0.5, 0.6) is 11.5 Å². The average Bonchev–Trinajstić information content (AvgIpc) is 2.84. The number of fused-ring (bicyclic) bond motifs is 1. The predicted octanol–water partition coefficient (Wildman–Crippen LogP) is 3.88. The second-order valence-corrected chi connectivity index (χ2v) is 6.85. The number of carbonyl (C=O) groups excluding carboxylic acids is 2. The molecule has 1 aliphatic heterocycles. The number of hydrogen-bond acceptors (Lipinski definition) is 6. The van der Waals surface area contributed by atoms with Crippen LogP contribution in [0.1, 0.15) is 30.6 Å². The monoisotopic (exact) mass is 437 g/mol. The smallest absolute Gasteiger partial charge is 0.308 e. The van der Waals surface area contributed by atoms with Gasteiger partial charge in [-0.25, -0.2) is 4.39 Å². The van der Waals surface area contributed by atoms with Crippen molar-refractivity contribution < 1.29 is 32.9 Å². The molecule has 0 aromatic heterocycles. The van der Waals surface area contributed by atoms with Crippen LogP contribution in [0, 0.1) is 5.82 Å². The van der Waals surface area contributed by atoms with Gasteiger partial charge in [0.25, 0.3) is 5.91 Å². The minimum absolute atomic E-state index is 0.137. The molecule has 1 aliphatic rings. The molecule has 0 fully saturated rings. The number of anilines is 1. The lowest BCUT2D eigenvalue weighted by Crippen LogP contribution is -2.32. The molecule has 0 radical (unpaired) electrons. The largest absolute Gasteiger partial charge is 0.493 e. The van der Waals surface area contributed by atoms with Crippen LogP contribution < -0.4 is 14.8 Å².